The van der Waals surface area contributed by atoms with E-state index in [0.29, 0.717) is 23.2 Å². The molecule has 1 heterocycles. The summed E-state index contributed by atoms with van der Waals surface area (Å²) in [5, 5.41) is 0. The third-order valence-electron chi connectivity index (χ3n) is 5.29. The molecule has 0 aliphatic carbocycles. The van der Waals surface area contributed by atoms with Crippen LogP contribution in [0.2, 0.25) is 0 Å². The molecule has 0 N–H and O–H groups in total. The van der Waals surface area contributed by atoms with Gasteiger partial charge in [0, 0.05) is 30.3 Å². The Morgan fingerprint density at radius 3 is 2.28 bits per heavy atom. The van der Waals surface area contributed by atoms with Gasteiger partial charge in [-0.2, -0.15) is 13.2 Å². The maximum atomic E-state index is 13.1. The normalized spacial score (nSPS) is 14.7. The summed E-state index contributed by atoms with van der Waals surface area (Å²) in [7, 11) is 0.339. The third-order valence-corrected chi connectivity index (χ3v) is 6.64. The van der Waals surface area contributed by atoms with Crippen LogP contribution in [0.15, 0.2) is 29.3 Å². The van der Waals surface area contributed by atoms with Gasteiger partial charge in [0.1, 0.15) is 5.82 Å². The minimum atomic E-state index is -4.47. The van der Waals surface area contributed by atoms with E-state index in [2.05, 4.69) is 25.8 Å². The molecule has 0 saturated carbocycles. The minimum absolute atomic E-state index is 0.183. The highest BCUT2D eigenvalue weighted by atomic mass is 32.2. The van der Waals surface area contributed by atoms with Crippen molar-refractivity contribution < 1.29 is 17.4 Å². The molecule has 1 aromatic carbocycles. The smallest absolute Gasteiger partial charge is 0.331 e. The summed E-state index contributed by atoms with van der Waals surface area (Å²) in [5.74, 6) is 1.83. The SMILES string of the molecule is CC.CCC(C)C(C)Cc1cnc(-c2ccc(C(F)(F)F)cc2S(=O)CC)n1C. The fraction of sp³-hybridized carbons (Fsp3) is 0.591. The molecule has 2 rings (SSSR count). The van der Waals surface area contributed by atoms with Gasteiger partial charge >= 0.3 is 6.18 Å². The van der Waals surface area contributed by atoms with E-state index in [1.807, 2.05) is 25.5 Å². The first-order valence-electron chi connectivity index (χ1n) is 10.2. The van der Waals surface area contributed by atoms with Crippen LogP contribution in [0.5, 0.6) is 0 Å². The average Bonchev–Trinajstić information content (AvgIpc) is 3.07. The van der Waals surface area contributed by atoms with Crippen LogP contribution in [0.4, 0.5) is 13.2 Å². The lowest BCUT2D eigenvalue weighted by Gasteiger charge is -2.18. The number of hydrogen-bond acceptors (Lipinski definition) is 2. The summed E-state index contributed by atoms with van der Waals surface area (Å²) in [6.07, 6.45) is -0.774. The molecular weight excluding hydrogens is 397 g/mol. The highest BCUT2D eigenvalue weighted by Crippen LogP contribution is 2.35. The maximum absolute atomic E-state index is 13.1. The van der Waals surface area contributed by atoms with E-state index < -0.39 is 22.5 Å². The minimum Gasteiger partial charge on any atom is -0.331 e. The van der Waals surface area contributed by atoms with E-state index in [1.165, 1.54) is 6.07 Å². The van der Waals surface area contributed by atoms with Gasteiger partial charge in [0.2, 0.25) is 0 Å². The number of halogens is 3. The maximum Gasteiger partial charge on any atom is 0.416 e. The number of imidazole rings is 1. The van der Waals surface area contributed by atoms with Crippen LogP contribution in [0, 0.1) is 11.8 Å². The molecule has 0 amide bonds. The van der Waals surface area contributed by atoms with Gasteiger partial charge in [-0.3, -0.25) is 4.21 Å². The molecule has 0 aliphatic rings. The summed E-state index contributed by atoms with van der Waals surface area (Å²) in [4.78, 5) is 4.62. The standard InChI is InChI=1S/C20H27F3N2OS.C2H6/c1-6-13(3)14(4)10-16-12-24-19(25(16)5)17-9-8-15(20(21,22)23)11-18(17)27(26)7-2;1-2/h8-9,11-14H,6-7,10H2,1-5H3;1-2H3. The van der Waals surface area contributed by atoms with E-state index >= 15 is 0 Å². The number of benzene rings is 1. The van der Waals surface area contributed by atoms with Crippen molar-refractivity contribution in [1.29, 1.82) is 0 Å². The molecule has 0 aliphatic heterocycles. The Hall–Kier alpha value is -1.63. The highest BCUT2D eigenvalue weighted by molar-refractivity contribution is 7.85. The average molecular weight is 431 g/mol. The first-order chi connectivity index (χ1) is 13.6. The van der Waals surface area contributed by atoms with Crippen molar-refractivity contribution in [3.05, 3.63) is 35.7 Å². The second-order valence-corrected chi connectivity index (χ2v) is 8.75. The molecule has 1 aromatic heterocycles. The van der Waals surface area contributed by atoms with Crippen LogP contribution >= 0.6 is 0 Å². The summed E-state index contributed by atoms with van der Waals surface area (Å²) >= 11 is 0. The molecule has 0 spiro atoms. The summed E-state index contributed by atoms with van der Waals surface area (Å²) in [6.45, 7) is 12.2. The van der Waals surface area contributed by atoms with Crippen LogP contribution < -0.4 is 0 Å². The van der Waals surface area contributed by atoms with Gasteiger partial charge in [-0.25, -0.2) is 4.98 Å². The van der Waals surface area contributed by atoms with E-state index in [4.69, 9.17) is 0 Å². The fourth-order valence-corrected chi connectivity index (χ4v) is 4.02. The largest absolute Gasteiger partial charge is 0.416 e. The molecule has 0 fully saturated rings. The Labute approximate surface area is 175 Å². The second kappa shape index (κ2) is 11.0. The van der Waals surface area contributed by atoms with Gasteiger partial charge in [0.15, 0.2) is 0 Å². The lowest BCUT2D eigenvalue weighted by molar-refractivity contribution is -0.137. The number of rotatable bonds is 7. The molecule has 0 radical (unpaired) electrons. The van der Waals surface area contributed by atoms with Crippen LogP contribution in [0.3, 0.4) is 0 Å². The van der Waals surface area contributed by atoms with Crippen LogP contribution in [0.25, 0.3) is 11.4 Å². The van der Waals surface area contributed by atoms with Gasteiger partial charge in [-0.15, -0.1) is 0 Å². The first kappa shape index (κ1) is 25.4. The highest BCUT2D eigenvalue weighted by Gasteiger charge is 2.32. The molecule has 164 valence electrons. The van der Waals surface area contributed by atoms with Gasteiger partial charge in [0.05, 0.1) is 21.3 Å². The van der Waals surface area contributed by atoms with E-state index in [9.17, 15) is 17.4 Å². The lowest BCUT2D eigenvalue weighted by atomic mass is 9.90. The van der Waals surface area contributed by atoms with E-state index in [-0.39, 0.29) is 10.6 Å². The topological polar surface area (TPSA) is 34.9 Å². The number of aromatic nitrogens is 2. The van der Waals surface area contributed by atoms with E-state index in [0.717, 1.165) is 30.7 Å². The van der Waals surface area contributed by atoms with Crippen molar-refractivity contribution in [3.63, 3.8) is 0 Å². The molecule has 29 heavy (non-hydrogen) atoms. The summed E-state index contributed by atoms with van der Waals surface area (Å²) in [5.41, 5.74) is 0.724. The lowest BCUT2D eigenvalue weighted by Crippen LogP contribution is -2.12. The van der Waals surface area contributed by atoms with Crippen LogP contribution in [-0.2, 0) is 30.4 Å². The molecule has 3 atom stereocenters. The zero-order valence-electron chi connectivity index (χ0n) is 18.4. The number of hydrogen-bond donors (Lipinski definition) is 0. The predicted molar refractivity (Wildman–Crippen MR) is 114 cm³/mol. The van der Waals surface area contributed by atoms with Crippen molar-refractivity contribution in [2.45, 2.75) is 65.5 Å². The van der Waals surface area contributed by atoms with Crippen molar-refractivity contribution in [2.24, 2.45) is 18.9 Å². The van der Waals surface area contributed by atoms with Crippen LogP contribution in [-0.4, -0.2) is 19.5 Å². The van der Waals surface area contributed by atoms with Crippen molar-refractivity contribution in [2.75, 3.05) is 5.75 Å². The molecule has 0 bridgehead atoms. The van der Waals surface area contributed by atoms with Gasteiger partial charge < -0.3 is 4.57 Å². The molecule has 0 saturated heterocycles. The third kappa shape index (κ3) is 6.17. The molecule has 3 nitrogen and oxygen atoms in total. The van der Waals surface area contributed by atoms with Crippen molar-refractivity contribution in [3.8, 4) is 11.4 Å². The van der Waals surface area contributed by atoms with Gasteiger partial charge in [-0.05, 0) is 36.5 Å². The Morgan fingerprint density at radius 2 is 1.76 bits per heavy atom. The van der Waals surface area contributed by atoms with E-state index in [1.54, 1.807) is 13.1 Å². The zero-order valence-corrected chi connectivity index (χ0v) is 19.2. The van der Waals surface area contributed by atoms with Gasteiger partial charge in [0.25, 0.3) is 0 Å². The molecular formula is C22H33F3N2OS. The van der Waals surface area contributed by atoms with Crippen molar-refractivity contribution in [1.82, 2.24) is 9.55 Å². The Kier molecular flexibility index (Phi) is 9.59. The Balaban J connectivity index is 0.00000204. The summed E-state index contributed by atoms with van der Waals surface area (Å²) in [6, 6.07) is 3.41. The fourth-order valence-electron chi connectivity index (χ4n) is 3.05. The van der Waals surface area contributed by atoms with Crippen molar-refractivity contribution >= 4 is 10.8 Å². The quantitative estimate of drug-likeness (QED) is 0.504. The number of nitrogens with zero attached hydrogens (tertiary/aromatic N) is 2. The molecule has 7 heteroatoms. The molecule has 2 aromatic rings. The van der Waals surface area contributed by atoms with Gasteiger partial charge in [-0.1, -0.05) is 48.0 Å². The van der Waals surface area contributed by atoms with Crippen LogP contribution in [0.1, 0.15) is 59.2 Å². The molecule has 3 unspecified atom stereocenters. The second-order valence-electron chi connectivity index (χ2n) is 7.04. The predicted octanol–water partition coefficient (Wildman–Crippen LogP) is 6.48. The first-order valence-corrected chi connectivity index (χ1v) is 11.5. The summed E-state index contributed by atoms with van der Waals surface area (Å²) < 4.78 is 53.6. The monoisotopic (exact) mass is 430 g/mol. The number of alkyl halides is 3. The Bertz CT molecular complexity index is 815. The zero-order chi connectivity index (χ0) is 22.4. The Morgan fingerprint density at radius 1 is 1.14 bits per heavy atom.